The third-order valence-corrected chi connectivity index (χ3v) is 8.92. The first-order valence-electron chi connectivity index (χ1n) is 14.2. The third-order valence-electron chi connectivity index (χ3n) is 8.92. The van der Waals surface area contributed by atoms with Crippen molar-refractivity contribution in [3.63, 3.8) is 0 Å². The highest BCUT2D eigenvalue weighted by Crippen LogP contribution is 2.44. The molecule has 3 atom stereocenters. The number of carbonyl (C=O) groups is 3. The van der Waals surface area contributed by atoms with Gasteiger partial charge in [0.25, 0.3) is 5.91 Å². The maximum atomic E-state index is 13.9. The average molecular weight is 594 g/mol. The van der Waals surface area contributed by atoms with Crippen LogP contribution < -0.4 is 10.6 Å². The molecule has 0 saturated carbocycles. The lowest BCUT2D eigenvalue weighted by molar-refractivity contribution is -0.138. The van der Waals surface area contributed by atoms with Crippen LogP contribution in [0.5, 0.6) is 0 Å². The number of rotatable bonds is 5. The van der Waals surface area contributed by atoms with Gasteiger partial charge in [0.2, 0.25) is 11.8 Å². The first-order valence-corrected chi connectivity index (χ1v) is 14.2. The number of nitrogens with zero attached hydrogens (tertiary/aromatic N) is 3. The zero-order chi connectivity index (χ0) is 31.2. The molecule has 43 heavy (non-hydrogen) atoms. The number of hydrogen-bond acceptors (Lipinski definition) is 5. The predicted molar refractivity (Wildman–Crippen MR) is 158 cm³/mol. The Labute approximate surface area is 248 Å². The molecule has 0 aromatic heterocycles. The SMILES string of the molecule is CC1C=CC=NCNC(=O)C12Cc1ccc(NC(=O)CN3C(=O)C(C)(C(C)C)N=C3c3ccccc3C(F)(F)F)cc1C2. The Bertz CT molecular complexity index is 1560. The Morgan fingerprint density at radius 1 is 1.14 bits per heavy atom. The Morgan fingerprint density at radius 2 is 1.86 bits per heavy atom. The van der Waals surface area contributed by atoms with Gasteiger partial charge in [-0.05, 0) is 67.0 Å². The van der Waals surface area contributed by atoms with E-state index in [0.717, 1.165) is 22.1 Å². The Morgan fingerprint density at radius 3 is 2.58 bits per heavy atom. The fourth-order valence-corrected chi connectivity index (χ4v) is 5.98. The number of alkyl halides is 3. The smallest absolute Gasteiger partial charge is 0.336 e. The summed E-state index contributed by atoms with van der Waals surface area (Å²) < 4.78 is 41.7. The fraction of sp³-hybridized carbons (Fsp3) is 0.406. The highest BCUT2D eigenvalue weighted by Gasteiger charge is 2.50. The molecule has 1 spiro atoms. The van der Waals surface area contributed by atoms with Crippen molar-refractivity contribution in [2.75, 3.05) is 18.5 Å². The highest BCUT2D eigenvalue weighted by molar-refractivity contribution is 6.17. The van der Waals surface area contributed by atoms with Gasteiger partial charge in [-0.3, -0.25) is 29.3 Å². The zero-order valence-electron chi connectivity index (χ0n) is 24.5. The molecule has 2 heterocycles. The molecule has 8 nitrogen and oxygen atoms in total. The minimum Gasteiger partial charge on any atom is -0.336 e. The molecule has 3 aliphatic rings. The summed E-state index contributed by atoms with van der Waals surface area (Å²) in [6, 6.07) is 10.3. The van der Waals surface area contributed by atoms with Crippen LogP contribution in [0.25, 0.3) is 0 Å². The number of halogens is 3. The quantitative estimate of drug-likeness (QED) is 0.522. The molecule has 3 amide bonds. The normalized spacial score (nSPS) is 25.3. The summed E-state index contributed by atoms with van der Waals surface area (Å²) in [7, 11) is 0. The van der Waals surface area contributed by atoms with Gasteiger partial charge in [0.05, 0.1) is 11.0 Å². The molecular formula is C32H34F3N5O3. The van der Waals surface area contributed by atoms with E-state index in [0.29, 0.717) is 18.5 Å². The van der Waals surface area contributed by atoms with Crippen LogP contribution in [0, 0.1) is 17.3 Å². The van der Waals surface area contributed by atoms with E-state index in [9.17, 15) is 27.6 Å². The summed E-state index contributed by atoms with van der Waals surface area (Å²) in [6.07, 6.45) is 1.79. The van der Waals surface area contributed by atoms with Gasteiger partial charge in [0, 0.05) is 17.5 Å². The van der Waals surface area contributed by atoms with E-state index in [4.69, 9.17) is 0 Å². The van der Waals surface area contributed by atoms with E-state index in [-0.39, 0.29) is 35.8 Å². The van der Waals surface area contributed by atoms with Gasteiger partial charge in [0.1, 0.15) is 24.6 Å². The van der Waals surface area contributed by atoms with Crippen LogP contribution in [0.3, 0.4) is 0 Å². The lowest BCUT2D eigenvalue weighted by Crippen LogP contribution is -2.47. The number of benzene rings is 2. The summed E-state index contributed by atoms with van der Waals surface area (Å²) in [6.45, 7) is 6.77. The van der Waals surface area contributed by atoms with Crippen molar-refractivity contribution in [1.29, 1.82) is 0 Å². The average Bonchev–Trinajstić information content (AvgIpc) is 3.47. The van der Waals surface area contributed by atoms with Crippen molar-refractivity contribution < 1.29 is 27.6 Å². The summed E-state index contributed by atoms with van der Waals surface area (Å²) in [5.41, 5.74) is -0.849. The molecule has 11 heteroatoms. The molecule has 0 fully saturated rings. The number of carbonyl (C=O) groups excluding carboxylic acids is 3. The second-order valence-corrected chi connectivity index (χ2v) is 11.9. The predicted octanol–water partition coefficient (Wildman–Crippen LogP) is 4.78. The van der Waals surface area contributed by atoms with Gasteiger partial charge >= 0.3 is 6.18 Å². The van der Waals surface area contributed by atoms with E-state index in [1.54, 1.807) is 33.1 Å². The molecule has 2 aromatic rings. The first kappa shape index (κ1) is 30.2. The van der Waals surface area contributed by atoms with Gasteiger partial charge in [-0.2, -0.15) is 13.2 Å². The van der Waals surface area contributed by atoms with Gasteiger partial charge < -0.3 is 10.6 Å². The van der Waals surface area contributed by atoms with Crippen molar-refractivity contribution in [1.82, 2.24) is 10.2 Å². The molecule has 3 unspecified atom stereocenters. The molecule has 2 aromatic carbocycles. The van der Waals surface area contributed by atoms with E-state index in [1.807, 2.05) is 31.2 Å². The fourth-order valence-electron chi connectivity index (χ4n) is 5.98. The van der Waals surface area contributed by atoms with Crippen molar-refractivity contribution in [3.05, 3.63) is 76.9 Å². The Kier molecular flexibility index (Phi) is 7.79. The lowest BCUT2D eigenvalue weighted by atomic mass is 9.72. The summed E-state index contributed by atoms with van der Waals surface area (Å²) in [5, 5.41) is 5.69. The number of amides is 3. The summed E-state index contributed by atoms with van der Waals surface area (Å²) in [4.78, 5) is 49.8. The van der Waals surface area contributed by atoms with Gasteiger partial charge in [-0.15, -0.1) is 0 Å². The van der Waals surface area contributed by atoms with Crippen LogP contribution in [0.15, 0.2) is 64.6 Å². The molecule has 2 N–H and O–H groups in total. The monoisotopic (exact) mass is 593 g/mol. The van der Waals surface area contributed by atoms with Crippen LogP contribution in [-0.4, -0.2) is 53.4 Å². The molecule has 2 aliphatic heterocycles. The second kappa shape index (κ2) is 11.1. The molecule has 1 aliphatic carbocycles. The minimum atomic E-state index is -4.68. The van der Waals surface area contributed by atoms with Crippen molar-refractivity contribution >= 4 is 35.5 Å². The number of amidine groups is 1. The molecule has 226 valence electrons. The van der Waals surface area contributed by atoms with E-state index in [1.165, 1.54) is 18.2 Å². The summed E-state index contributed by atoms with van der Waals surface area (Å²) in [5.74, 6) is -1.80. The number of fused-ring (bicyclic) bond motifs is 1. The lowest BCUT2D eigenvalue weighted by Gasteiger charge is -2.32. The third kappa shape index (κ3) is 5.48. The van der Waals surface area contributed by atoms with Crippen molar-refractivity contribution in [2.24, 2.45) is 27.2 Å². The van der Waals surface area contributed by atoms with E-state index >= 15 is 0 Å². The minimum absolute atomic E-state index is 0.0729. The maximum Gasteiger partial charge on any atom is 0.417 e. The van der Waals surface area contributed by atoms with Crippen LogP contribution in [0.1, 0.15) is 49.9 Å². The number of anilines is 1. The standard InChI is InChI=1S/C32H34F3N5O3/c1-19(2)30(4)29(43)40(27(39-30)24-9-5-6-10-25(24)32(33,34)35)17-26(41)38-23-12-11-21-15-31(16-22(21)14-23)20(3)8-7-13-36-18-37-28(31)42/h5-14,19-20H,15-18H2,1-4H3,(H,37,42)(H,38,41). The van der Waals surface area contributed by atoms with Gasteiger partial charge in [-0.1, -0.05) is 51.1 Å². The first-order chi connectivity index (χ1) is 20.3. The van der Waals surface area contributed by atoms with Crippen LogP contribution in [0.4, 0.5) is 18.9 Å². The molecule has 0 saturated heterocycles. The number of hydrogen-bond donors (Lipinski definition) is 2. The van der Waals surface area contributed by atoms with Gasteiger partial charge in [0.15, 0.2) is 0 Å². The summed E-state index contributed by atoms with van der Waals surface area (Å²) >= 11 is 0. The number of aliphatic imine (C=N–C) groups is 2. The molecule has 5 rings (SSSR count). The highest BCUT2D eigenvalue weighted by atomic mass is 19.4. The van der Waals surface area contributed by atoms with Crippen LogP contribution in [-0.2, 0) is 33.4 Å². The second-order valence-electron chi connectivity index (χ2n) is 11.9. The molecule has 0 radical (unpaired) electrons. The van der Waals surface area contributed by atoms with Crippen LogP contribution in [0.2, 0.25) is 0 Å². The number of nitrogens with one attached hydrogen (secondary N) is 2. The Hall–Kier alpha value is -4.28. The topological polar surface area (TPSA) is 103 Å². The maximum absolute atomic E-state index is 13.9. The van der Waals surface area contributed by atoms with Crippen molar-refractivity contribution in [3.8, 4) is 0 Å². The largest absolute Gasteiger partial charge is 0.417 e. The van der Waals surface area contributed by atoms with Crippen LogP contribution >= 0.6 is 0 Å². The number of allylic oxidation sites excluding steroid dienone is 2. The molecule has 0 bridgehead atoms. The molecular weight excluding hydrogens is 559 g/mol. The van der Waals surface area contributed by atoms with Crippen molar-refractivity contribution in [2.45, 2.75) is 52.3 Å². The zero-order valence-corrected chi connectivity index (χ0v) is 24.5. The van der Waals surface area contributed by atoms with Gasteiger partial charge in [-0.25, -0.2) is 0 Å². The van der Waals surface area contributed by atoms with E-state index < -0.39 is 41.1 Å². The van der Waals surface area contributed by atoms with E-state index in [2.05, 4.69) is 20.6 Å². The Balaban J connectivity index is 1.39.